The van der Waals surface area contributed by atoms with Crippen molar-refractivity contribution in [2.24, 2.45) is 5.92 Å². The van der Waals surface area contributed by atoms with E-state index in [4.69, 9.17) is 27.9 Å². The molecule has 1 aliphatic carbocycles. The number of rotatable bonds is 5. The molecular weight excluding hydrogens is 433 g/mol. The molecule has 0 spiro atoms. The van der Waals surface area contributed by atoms with Crippen LogP contribution in [0.25, 0.3) is 0 Å². The molecule has 31 heavy (non-hydrogen) atoms. The topological polar surface area (TPSA) is 36.0 Å². The average Bonchev–Trinajstić information content (AvgIpc) is 3.27. The van der Waals surface area contributed by atoms with Crippen LogP contribution in [0.1, 0.15) is 37.7 Å². The lowest BCUT2D eigenvalue weighted by Gasteiger charge is -2.55. The lowest BCUT2D eigenvalue weighted by atomic mass is 9.83. The maximum atomic E-state index is 13.5. The van der Waals surface area contributed by atoms with Crippen molar-refractivity contribution in [1.82, 2.24) is 14.7 Å². The third-order valence-corrected chi connectivity index (χ3v) is 8.55. The first-order valence-corrected chi connectivity index (χ1v) is 12.6. The van der Waals surface area contributed by atoms with Crippen LogP contribution in [0.3, 0.4) is 0 Å². The van der Waals surface area contributed by atoms with E-state index in [0.29, 0.717) is 28.5 Å². The highest BCUT2D eigenvalue weighted by Gasteiger charge is 2.48. The Bertz CT molecular complexity index is 797. The number of hydrogen-bond acceptors (Lipinski definition) is 4. The molecule has 4 fully saturated rings. The number of carbonyl (C=O) groups is 1. The van der Waals surface area contributed by atoms with E-state index >= 15 is 0 Å². The fraction of sp³-hybridized carbons (Fsp3) is 0.708. The third kappa shape index (κ3) is 4.63. The van der Waals surface area contributed by atoms with E-state index in [1.807, 2.05) is 12.1 Å². The van der Waals surface area contributed by atoms with Gasteiger partial charge in [-0.3, -0.25) is 14.6 Å². The number of hydrogen-bond donors (Lipinski definition) is 0. The second kappa shape index (κ2) is 9.56. The predicted molar refractivity (Wildman–Crippen MR) is 124 cm³/mol. The minimum absolute atomic E-state index is 0.197. The summed E-state index contributed by atoms with van der Waals surface area (Å²) in [4.78, 5) is 20.9. The van der Waals surface area contributed by atoms with Crippen molar-refractivity contribution in [2.75, 3.05) is 45.9 Å². The second-order valence-corrected chi connectivity index (χ2v) is 10.5. The molecule has 5 nitrogen and oxygen atoms in total. The molecule has 1 aromatic carbocycles. The highest BCUT2D eigenvalue weighted by molar-refractivity contribution is 6.42. The Morgan fingerprint density at radius 2 is 1.74 bits per heavy atom. The van der Waals surface area contributed by atoms with Crippen molar-refractivity contribution in [1.29, 1.82) is 0 Å². The monoisotopic (exact) mass is 465 g/mol. The van der Waals surface area contributed by atoms with Gasteiger partial charge in [0, 0.05) is 19.6 Å². The maximum Gasteiger partial charge on any atom is 0.227 e. The molecule has 3 saturated heterocycles. The van der Waals surface area contributed by atoms with Gasteiger partial charge in [0.15, 0.2) is 0 Å². The van der Waals surface area contributed by atoms with E-state index in [0.717, 1.165) is 57.4 Å². The molecule has 4 aliphatic rings. The molecule has 1 aromatic rings. The molecule has 0 N–H and O–H groups in total. The number of halogens is 2. The zero-order valence-corrected chi connectivity index (χ0v) is 19.7. The molecule has 0 bridgehead atoms. The summed E-state index contributed by atoms with van der Waals surface area (Å²) in [5.74, 6) is 1.02. The maximum absolute atomic E-state index is 13.5. The first-order valence-electron chi connectivity index (χ1n) is 11.9. The number of benzene rings is 1. The number of amides is 1. The summed E-state index contributed by atoms with van der Waals surface area (Å²) in [6.45, 7) is 6.61. The Kier molecular flexibility index (Phi) is 6.78. The highest BCUT2D eigenvalue weighted by Crippen LogP contribution is 2.34. The Balaban J connectivity index is 1.37. The Morgan fingerprint density at radius 1 is 0.968 bits per heavy atom. The van der Waals surface area contributed by atoms with Crippen LogP contribution in [0.5, 0.6) is 0 Å². The molecular formula is C24H33Cl2N3O2. The zero-order valence-electron chi connectivity index (χ0n) is 18.1. The Hall–Kier alpha value is -0.850. The van der Waals surface area contributed by atoms with Crippen LogP contribution in [0.2, 0.25) is 10.0 Å². The van der Waals surface area contributed by atoms with E-state index in [9.17, 15) is 4.79 Å². The Labute approximate surface area is 195 Å². The number of likely N-dealkylation sites (tertiary alicyclic amines) is 1. The van der Waals surface area contributed by atoms with E-state index in [1.165, 1.54) is 32.1 Å². The van der Waals surface area contributed by atoms with Gasteiger partial charge in [0.25, 0.3) is 0 Å². The summed E-state index contributed by atoms with van der Waals surface area (Å²) in [5, 5.41) is 1.04. The fourth-order valence-corrected chi connectivity index (χ4v) is 6.22. The molecule has 0 unspecified atom stereocenters. The highest BCUT2D eigenvalue weighted by atomic mass is 35.5. The van der Waals surface area contributed by atoms with Gasteiger partial charge in [0.05, 0.1) is 47.8 Å². The van der Waals surface area contributed by atoms with Crippen LogP contribution in [-0.2, 0) is 16.0 Å². The molecule has 1 saturated carbocycles. The van der Waals surface area contributed by atoms with Crippen molar-refractivity contribution in [3.05, 3.63) is 33.8 Å². The van der Waals surface area contributed by atoms with Gasteiger partial charge in [-0.15, -0.1) is 0 Å². The predicted octanol–water partition coefficient (Wildman–Crippen LogP) is 3.71. The van der Waals surface area contributed by atoms with Gasteiger partial charge in [0.1, 0.15) is 0 Å². The van der Waals surface area contributed by atoms with Crippen LogP contribution in [0.15, 0.2) is 18.2 Å². The van der Waals surface area contributed by atoms with Gasteiger partial charge < -0.3 is 9.64 Å². The molecule has 7 heteroatoms. The molecule has 5 rings (SSSR count). The molecule has 0 radical (unpaired) electrons. The van der Waals surface area contributed by atoms with Crippen LogP contribution >= 0.6 is 23.2 Å². The number of carbonyl (C=O) groups excluding carboxylic acids is 1. The third-order valence-electron chi connectivity index (χ3n) is 7.81. The summed E-state index contributed by atoms with van der Waals surface area (Å²) in [6.07, 6.45) is 6.94. The quantitative estimate of drug-likeness (QED) is 0.663. The van der Waals surface area contributed by atoms with E-state index in [1.54, 1.807) is 6.07 Å². The molecule has 1 amide bonds. The SMILES string of the molecule is O=C(Cc1ccc(Cl)c(Cl)c1)N1CCN(CC2CCC2)[C@H]2COC[C@@H](N3CCCC3)[C@@H]21. The number of ether oxygens (including phenoxy) is 1. The van der Waals surface area contributed by atoms with Crippen molar-refractivity contribution in [3.63, 3.8) is 0 Å². The molecule has 3 atom stereocenters. The molecule has 0 aromatic heterocycles. The Morgan fingerprint density at radius 3 is 2.45 bits per heavy atom. The van der Waals surface area contributed by atoms with Crippen molar-refractivity contribution >= 4 is 29.1 Å². The van der Waals surface area contributed by atoms with Crippen LogP contribution < -0.4 is 0 Å². The van der Waals surface area contributed by atoms with Crippen LogP contribution in [-0.4, -0.2) is 84.7 Å². The molecule has 3 aliphatic heterocycles. The van der Waals surface area contributed by atoms with Crippen molar-refractivity contribution in [2.45, 2.75) is 56.7 Å². The summed E-state index contributed by atoms with van der Waals surface area (Å²) in [5.41, 5.74) is 0.928. The second-order valence-electron chi connectivity index (χ2n) is 9.71. The number of piperazine rings is 1. The first kappa shape index (κ1) is 22.0. The van der Waals surface area contributed by atoms with Gasteiger partial charge >= 0.3 is 0 Å². The molecule has 3 heterocycles. The van der Waals surface area contributed by atoms with Crippen LogP contribution in [0.4, 0.5) is 0 Å². The van der Waals surface area contributed by atoms with E-state index < -0.39 is 0 Å². The summed E-state index contributed by atoms with van der Waals surface area (Å²) >= 11 is 12.3. The van der Waals surface area contributed by atoms with E-state index in [2.05, 4.69) is 14.7 Å². The summed E-state index contributed by atoms with van der Waals surface area (Å²) in [7, 11) is 0. The van der Waals surface area contributed by atoms with Gasteiger partial charge in [-0.1, -0.05) is 35.7 Å². The number of fused-ring (bicyclic) bond motifs is 1. The van der Waals surface area contributed by atoms with Gasteiger partial charge in [0.2, 0.25) is 5.91 Å². The first-order chi connectivity index (χ1) is 15.1. The largest absolute Gasteiger partial charge is 0.378 e. The summed E-state index contributed by atoms with van der Waals surface area (Å²) in [6, 6.07) is 6.32. The number of nitrogens with zero attached hydrogens (tertiary/aromatic N) is 3. The summed E-state index contributed by atoms with van der Waals surface area (Å²) < 4.78 is 6.15. The normalized spacial score (nSPS) is 30.3. The standard InChI is InChI=1S/C24H33Cl2N3O2/c25-19-7-6-18(12-20(19)26)13-23(30)29-11-10-28(14-17-4-3-5-17)22-16-31-15-21(24(22)29)27-8-1-2-9-27/h6-7,12,17,21-22,24H,1-5,8-11,13-16H2/t21-,22+,24+/m1/s1. The zero-order chi connectivity index (χ0) is 21.4. The van der Waals surface area contributed by atoms with Gasteiger partial charge in [-0.25, -0.2) is 0 Å². The minimum Gasteiger partial charge on any atom is -0.378 e. The van der Waals surface area contributed by atoms with Gasteiger partial charge in [-0.05, 0) is 62.4 Å². The van der Waals surface area contributed by atoms with Crippen molar-refractivity contribution in [3.8, 4) is 0 Å². The smallest absolute Gasteiger partial charge is 0.227 e. The van der Waals surface area contributed by atoms with Gasteiger partial charge in [-0.2, -0.15) is 0 Å². The lowest BCUT2D eigenvalue weighted by molar-refractivity contribution is -0.153. The molecule has 170 valence electrons. The fourth-order valence-electron chi connectivity index (χ4n) is 5.90. The van der Waals surface area contributed by atoms with E-state index in [-0.39, 0.29) is 11.9 Å². The van der Waals surface area contributed by atoms with Crippen LogP contribution in [0, 0.1) is 5.92 Å². The van der Waals surface area contributed by atoms with Crippen molar-refractivity contribution < 1.29 is 9.53 Å². The average molecular weight is 466 g/mol. The lowest BCUT2D eigenvalue weighted by Crippen LogP contribution is -2.72. The minimum atomic E-state index is 0.197.